The Morgan fingerprint density at radius 3 is 2.88 bits per heavy atom. The van der Waals surface area contributed by atoms with Gasteiger partial charge in [0.05, 0.1) is 5.56 Å². The van der Waals surface area contributed by atoms with Crippen LogP contribution in [0.5, 0.6) is 0 Å². The van der Waals surface area contributed by atoms with Gasteiger partial charge in [-0.25, -0.2) is 4.39 Å². The third kappa shape index (κ3) is 4.52. The summed E-state index contributed by atoms with van der Waals surface area (Å²) in [7, 11) is 1.88. The molecule has 1 aliphatic heterocycles. The van der Waals surface area contributed by atoms with Crippen LogP contribution in [0.4, 0.5) is 4.39 Å². The van der Waals surface area contributed by atoms with Gasteiger partial charge < -0.3 is 14.8 Å². The zero-order valence-electron chi connectivity index (χ0n) is 15.7. The number of aryl methyl sites for hydroxylation is 1. The van der Waals surface area contributed by atoms with Crippen LogP contribution in [-0.2, 0) is 6.42 Å². The molecule has 2 heterocycles. The van der Waals surface area contributed by atoms with E-state index in [1.54, 1.807) is 6.07 Å². The molecule has 0 radical (unpaired) electrons. The molecule has 0 bridgehead atoms. The molecule has 1 saturated heterocycles. The molecule has 0 saturated carbocycles. The predicted octanol–water partition coefficient (Wildman–Crippen LogP) is 3.49. The highest BCUT2D eigenvalue weighted by molar-refractivity contribution is 5.95. The van der Waals surface area contributed by atoms with Crippen LogP contribution in [0.25, 0.3) is 0 Å². The van der Waals surface area contributed by atoms with E-state index in [2.05, 4.69) is 9.88 Å². The minimum Gasteiger partial charge on any atom is -0.365 e. The summed E-state index contributed by atoms with van der Waals surface area (Å²) < 4.78 is 13.8. The van der Waals surface area contributed by atoms with Crippen molar-refractivity contribution in [3.63, 3.8) is 0 Å². The Morgan fingerprint density at radius 2 is 2.15 bits per heavy atom. The second-order valence-corrected chi connectivity index (χ2v) is 7.35. The molecule has 1 atom stereocenters. The van der Waals surface area contributed by atoms with Gasteiger partial charge in [-0.05, 0) is 56.3 Å². The van der Waals surface area contributed by atoms with Crippen LogP contribution < -0.4 is 0 Å². The summed E-state index contributed by atoms with van der Waals surface area (Å²) in [6, 6.07) is 8.85. The molecule has 26 heavy (non-hydrogen) atoms. The van der Waals surface area contributed by atoms with Crippen LogP contribution >= 0.6 is 0 Å². The summed E-state index contributed by atoms with van der Waals surface area (Å²) in [5.74, 6) is 0.429. The first-order valence-corrected chi connectivity index (χ1v) is 9.40. The fourth-order valence-corrected chi connectivity index (χ4v) is 3.84. The lowest BCUT2D eigenvalue weighted by atomic mass is 9.96. The number of benzene rings is 1. The molecule has 4 nitrogen and oxygen atoms in total. The molecule has 3 rings (SSSR count). The average molecular weight is 357 g/mol. The molecule has 2 aromatic rings. The van der Waals surface area contributed by atoms with Crippen molar-refractivity contribution < 1.29 is 9.18 Å². The number of carbonyl (C=O) groups excluding carboxylic acids is 1. The molecule has 140 valence electrons. The fourth-order valence-electron chi connectivity index (χ4n) is 3.84. The summed E-state index contributed by atoms with van der Waals surface area (Å²) in [5, 5.41) is 0. The van der Waals surface area contributed by atoms with Crippen LogP contribution in [0.1, 0.15) is 34.5 Å². The number of rotatable bonds is 6. The van der Waals surface area contributed by atoms with Gasteiger partial charge in [0.15, 0.2) is 0 Å². The van der Waals surface area contributed by atoms with E-state index in [0.29, 0.717) is 5.92 Å². The van der Waals surface area contributed by atoms with Crippen molar-refractivity contribution in [3.05, 3.63) is 59.2 Å². The molecule has 1 N–H and O–H groups in total. The number of halogens is 1. The Morgan fingerprint density at radius 1 is 1.35 bits per heavy atom. The van der Waals surface area contributed by atoms with Gasteiger partial charge in [0.1, 0.15) is 5.82 Å². The Kier molecular flexibility index (Phi) is 6.09. The maximum absolute atomic E-state index is 13.8. The van der Waals surface area contributed by atoms with E-state index in [0.717, 1.165) is 62.3 Å². The number of hydrogen-bond donors (Lipinski definition) is 1. The Bertz CT molecular complexity index is 742. The molecule has 1 aromatic carbocycles. The van der Waals surface area contributed by atoms with Gasteiger partial charge in [0, 0.05) is 38.6 Å². The molecule has 1 aromatic heterocycles. The largest absolute Gasteiger partial charge is 0.365 e. The number of hydrogen-bond acceptors (Lipinski definition) is 2. The number of piperidine rings is 1. The summed E-state index contributed by atoms with van der Waals surface area (Å²) >= 11 is 0. The van der Waals surface area contributed by atoms with Crippen molar-refractivity contribution in [1.29, 1.82) is 0 Å². The van der Waals surface area contributed by atoms with Crippen molar-refractivity contribution >= 4 is 5.91 Å². The molecule has 0 aliphatic carbocycles. The van der Waals surface area contributed by atoms with E-state index in [1.165, 1.54) is 6.07 Å². The van der Waals surface area contributed by atoms with Gasteiger partial charge in [0.25, 0.3) is 5.91 Å². The highest BCUT2D eigenvalue weighted by Crippen LogP contribution is 2.19. The van der Waals surface area contributed by atoms with Crippen LogP contribution in [0, 0.1) is 18.7 Å². The molecular formula is C21H28FN3O. The summed E-state index contributed by atoms with van der Waals surface area (Å²) in [6.45, 7) is 5.58. The number of nitrogens with one attached hydrogen (secondary N) is 1. The Balaban J connectivity index is 1.51. The molecular weight excluding hydrogens is 329 g/mol. The zero-order valence-corrected chi connectivity index (χ0v) is 15.7. The Hall–Kier alpha value is -2.14. The van der Waals surface area contributed by atoms with Crippen molar-refractivity contribution in [1.82, 2.24) is 14.8 Å². The number of carbonyl (C=O) groups is 1. The van der Waals surface area contributed by atoms with E-state index < -0.39 is 0 Å². The summed E-state index contributed by atoms with van der Waals surface area (Å²) in [4.78, 5) is 19.9. The molecule has 1 amide bonds. The Labute approximate surface area is 155 Å². The molecule has 0 spiro atoms. The van der Waals surface area contributed by atoms with Crippen molar-refractivity contribution in [3.8, 4) is 0 Å². The first-order chi connectivity index (χ1) is 12.5. The summed E-state index contributed by atoms with van der Waals surface area (Å²) in [5.41, 5.74) is 2.45. The number of nitrogens with zero attached hydrogens (tertiary/aromatic N) is 2. The smallest absolute Gasteiger partial charge is 0.255 e. The maximum atomic E-state index is 13.8. The van der Waals surface area contributed by atoms with Gasteiger partial charge in [-0.1, -0.05) is 18.2 Å². The maximum Gasteiger partial charge on any atom is 0.255 e. The van der Waals surface area contributed by atoms with Crippen LogP contribution in [0.2, 0.25) is 0 Å². The molecule has 0 unspecified atom stereocenters. The summed E-state index contributed by atoms with van der Waals surface area (Å²) in [6.07, 6.45) is 4.81. The monoisotopic (exact) mass is 357 g/mol. The van der Waals surface area contributed by atoms with E-state index in [9.17, 15) is 9.18 Å². The van der Waals surface area contributed by atoms with Crippen LogP contribution in [0.3, 0.4) is 0 Å². The van der Waals surface area contributed by atoms with Crippen molar-refractivity contribution in [2.75, 3.05) is 33.2 Å². The number of aromatic nitrogens is 1. The molecule has 1 aliphatic rings. The van der Waals surface area contributed by atoms with E-state index >= 15 is 0 Å². The van der Waals surface area contributed by atoms with Gasteiger partial charge >= 0.3 is 0 Å². The number of likely N-dealkylation sites (tertiary alicyclic amines) is 1. The van der Waals surface area contributed by atoms with Crippen molar-refractivity contribution in [2.24, 2.45) is 5.92 Å². The molecule has 5 heteroatoms. The lowest BCUT2D eigenvalue weighted by Gasteiger charge is -2.34. The lowest BCUT2D eigenvalue weighted by molar-refractivity contribution is 0.0729. The van der Waals surface area contributed by atoms with E-state index in [1.807, 2.05) is 43.3 Å². The minimum absolute atomic E-state index is 0.0761. The van der Waals surface area contributed by atoms with Crippen LogP contribution in [0.15, 0.2) is 36.5 Å². The second kappa shape index (κ2) is 8.49. The molecule has 1 fully saturated rings. The second-order valence-electron chi connectivity index (χ2n) is 7.35. The zero-order chi connectivity index (χ0) is 18.5. The first kappa shape index (κ1) is 18.6. The minimum atomic E-state index is -0.117. The fraction of sp³-hybridized carbons (Fsp3) is 0.476. The van der Waals surface area contributed by atoms with Crippen molar-refractivity contribution in [2.45, 2.75) is 26.2 Å². The van der Waals surface area contributed by atoms with E-state index in [-0.39, 0.29) is 11.7 Å². The van der Waals surface area contributed by atoms with Gasteiger partial charge in [0.2, 0.25) is 0 Å². The number of aromatic amines is 1. The third-order valence-electron chi connectivity index (χ3n) is 5.32. The average Bonchev–Trinajstić information content (AvgIpc) is 3.06. The topological polar surface area (TPSA) is 39.3 Å². The number of amides is 1. The normalized spacial score (nSPS) is 18.0. The van der Waals surface area contributed by atoms with Gasteiger partial charge in [-0.3, -0.25) is 4.79 Å². The lowest BCUT2D eigenvalue weighted by Crippen LogP contribution is -2.42. The predicted molar refractivity (Wildman–Crippen MR) is 102 cm³/mol. The highest BCUT2D eigenvalue weighted by Gasteiger charge is 2.24. The van der Waals surface area contributed by atoms with Crippen LogP contribution in [-0.4, -0.2) is 53.9 Å². The SMILES string of the molecule is Cc1[nH]ccc1C(=O)N(C)C[C@H]1CCCN(CCc2ccccc2F)C1. The number of H-pyrrole nitrogens is 1. The van der Waals surface area contributed by atoms with E-state index in [4.69, 9.17) is 0 Å². The quantitative estimate of drug-likeness (QED) is 0.860. The van der Waals surface area contributed by atoms with Gasteiger partial charge in [-0.15, -0.1) is 0 Å². The third-order valence-corrected chi connectivity index (χ3v) is 5.32. The first-order valence-electron chi connectivity index (χ1n) is 9.40. The van der Waals surface area contributed by atoms with Gasteiger partial charge in [-0.2, -0.15) is 0 Å². The standard InChI is InChI=1S/C21H28FN3O/c1-16-19(9-11-23-16)21(26)24(2)14-17-6-5-12-25(15-17)13-10-18-7-3-4-8-20(18)22/h3-4,7-9,11,17,23H,5-6,10,12-15H2,1-2H3/t17-/m1/s1. The highest BCUT2D eigenvalue weighted by atomic mass is 19.1.